The van der Waals surface area contributed by atoms with Crippen LogP contribution in [0.4, 0.5) is 0 Å². The summed E-state index contributed by atoms with van der Waals surface area (Å²) in [5.74, 6) is -0.815. The highest BCUT2D eigenvalue weighted by Gasteiger charge is 2.71. The maximum atomic E-state index is 12.4. The molecule has 0 radical (unpaired) electrons. The summed E-state index contributed by atoms with van der Waals surface area (Å²) in [6.45, 7) is 5.49. The first-order valence-electron chi connectivity index (χ1n) is 6.30. The topological polar surface area (TPSA) is 64.7 Å². The van der Waals surface area contributed by atoms with Gasteiger partial charge in [0, 0.05) is 11.3 Å². The van der Waals surface area contributed by atoms with Crippen LogP contribution in [-0.4, -0.2) is 5.78 Å². The molecule has 96 valence electrons. The third-order valence-corrected chi connectivity index (χ3v) is 3.76. The van der Waals surface area contributed by atoms with E-state index in [1.54, 1.807) is 0 Å². The molecule has 3 nitrogen and oxygen atoms in total. The summed E-state index contributed by atoms with van der Waals surface area (Å²) < 4.78 is 0. The molecule has 1 aliphatic carbocycles. The van der Waals surface area contributed by atoms with Gasteiger partial charge in [-0.15, -0.1) is 0 Å². The normalized spacial score (nSPS) is 24.1. The van der Waals surface area contributed by atoms with E-state index in [0.717, 1.165) is 5.56 Å². The molecule has 19 heavy (non-hydrogen) atoms. The molecule has 0 heterocycles. The average molecular weight is 252 g/mol. The summed E-state index contributed by atoms with van der Waals surface area (Å²) in [5.41, 5.74) is -0.827. The predicted molar refractivity (Wildman–Crippen MR) is 70.8 cm³/mol. The lowest BCUT2D eigenvalue weighted by Gasteiger charge is -2.16. The molecule has 1 aliphatic rings. The minimum absolute atomic E-state index is 0.00977. The number of carbonyl (C=O) groups is 1. The molecule has 0 bridgehead atoms. The fraction of sp³-hybridized carbons (Fsp3) is 0.438. The fourth-order valence-electron chi connectivity index (χ4n) is 2.63. The van der Waals surface area contributed by atoms with Crippen molar-refractivity contribution in [3.8, 4) is 12.1 Å². The molecule has 0 amide bonds. The van der Waals surface area contributed by atoms with Crippen molar-refractivity contribution in [3.63, 3.8) is 0 Å². The smallest absolute Gasteiger partial charge is 0.161 e. The number of nitrogens with zero attached hydrogens (tertiary/aromatic N) is 2. The lowest BCUT2D eigenvalue weighted by atomic mass is 9.85. The van der Waals surface area contributed by atoms with Crippen LogP contribution in [0, 0.1) is 39.4 Å². The largest absolute Gasteiger partial charge is 0.299 e. The van der Waals surface area contributed by atoms with Crippen molar-refractivity contribution in [2.75, 3.05) is 0 Å². The van der Waals surface area contributed by atoms with E-state index in [4.69, 9.17) is 0 Å². The number of hydrogen-bond donors (Lipinski definition) is 0. The number of Topliss-reactive ketones (excluding diaryl/α,β-unsaturated/α-hetero) is 1. The first kappa shape index (κ1) is 13.3. The van der Waals surface area contributed by atoms with Gasteiger partial charge in [-0.3, -0.25) is 4.79 Å². The fourth-order valence-corrected chi connectivity index (χ4v) is 2.63. The van der Waals surface area contributed by atoms with Crippen LogP contribution in [0.5, 0.6) is 0 Å². The van der Waals surface area contributed by atoms with Crippen LogP contribution in [0.3, 0.4) is 0 Å². The van der Waals surface area contributed by atoms with E-state index >= 15 is 0 Å². The van der Waals surface area contributed by atoms with Crippen molar-refractivity contribution >= 4 is 5.78 Å². The summed E-state index contributed by atoms with van der Waals surface area (Å²) >= 11 is 0. The molecule has 0 aliphatic heterocycles. The Labute approximate surface area is 113 Å². The van der Waals surface area contributed by atoms with Gasteiger partial charge in [0.2, 0.25) is 0 Å². The Morgan fingerprint density at radius 3 is 2.11 bits per heavy atom. The Hall–Kier alpha value is -2.13. The first-order valence-corrected chi connectivity index (χ1v) is 6.30. The second kappa shape index (κ2) is 4.21. The van der Waals surface area contributed by atoms with Crippen molar-refractivity contribution in [1.29, 1.82) is 10.5 Å². The van der Waals surface area contributed by atoms with Crippen LogP contribution in [0.2, 0.25) is 0 Å². The molecule has 0 unspecified atom stereocenters. The van der Waals surface area contributed by atoms with Gasteiger partial charge in [-0.1, -0.05) is 51.1 Å². The SMILES string of the molecule is CC(C)(C)C(=O)[C@H]1[C@H](c2ccccc2)C1(C#N)C#N. The monoisotopic (exact) mass is 252 g/mol. The predicted octanol–water partition coefficient (Wildman–Crippen LogP) is 3.05. The Balaban J connectivity index is 2.43. The zero-order chi connectivity index (χ0) is 14.3. The lowest BCUT2D eigenvalue weighted by molar-refractivity contribution is -0.128. The Morgan fingerprint density at radius 2 is 1.68 bits per heavy atom. The quantitative estimate of drug-likeness (QED) is 0.812. The molecule has 1 fully saturated rings. The zero-order valence-electron chi connectivity index (χ0n) is 11.3. The number of rotatable bonds is 2. The first-order chi connectivity index (χ1) is 8.88. The van der Waals surface area contributed by atoms with Crippen molar-refractivity contribution in [2.24, 2.45) is 16.7 Å². The third-order valence-electron chi connectivity index (χ3n) is 3.76. The molecule has 0 aromatic heterocycles. The van der Waals surface area contributed by atoms with Gasteiger partial charge in [-0.05, 0) is 5.56 Å². The van der Waals surface area contributed by atoms with E-state index in [0.29, 0.717) is 0 Å². The molecule has 1 aromatic rings. The van der Waals surface area contributed by atoms with Gasteiger partial charge in [-0.25, -0.2) is 0 Å². The maximum Gasteiger partial charge on any atom is 0.161 e. The van der Waals surface area contributed by atoms with Crippen LogP contribution in [0.15, 0.2) is 30.3 Å². The molecule has 2 rings (SSSR count). The number of nitriles is 2. The van der Waals surface area contributed by atoms with E-state index in [1.807, 2.05) is 51.1 Å². The van der Waals surface area contributed by atoms with Crippen molar-refractivity contribution in [1.82, 2.24) is 0 Å². The van der Waals surface area contributed by atoms with Gasteiger partial charge in [0.05, 0.1) is 18.1 Å². The summed E-state index contributed by atoms with van der Waals surface area (Å²) in [7, 11) is 0. The molecular formula is C16H16N2O. The minimum Gasteiger partial charge on any atom is -0.299 e. The van der Waals surface area contributed by atoms with E-state index in [9.17, 15) is 15.3 Å². The van der Waals surface area contributed by atoms with Gasteiger partial charge in [0.25, 0.3) is 0 Å². The zero-order valence-corrected chi connectivity index (χ0v) is 11.3. The van der Waals surface area contributed by atoms with Crippen LogP contribution < -0.4 is 0 Å². The number of ketones is 1. The van der Waals surface area contributed by atoms with Gasteiger partial charge in [0.1, 0.15) is 5.78 Å². The molecule has 3 heteroatoms. The molecule has 2 atom stereocenters. The highest BCUT2D eigenvalue weighted by atomic mass is 16.1. The highest BCUT2D eigenvalue weighted by Crippen LogP contribution is 2.65. The third kappa shape index (κ3) is 1.92. The summed E-state index contributed by atoms with van der Waals surface area (Å²) in [6.07, 6.45) is 0. The van der Waals surface area contributed by atoms with Crippen LogP contribution in [-0.2, 0) is 4.79 Å². The summed E-state index contributed by atoms with van der Waals surface area (Å²) in [4.78, 5) is 12.4. The molecular weight excluding hydrogens is 236 g/mol. The summed E-state index contributed by atoms with van der Waals surface area (Å²) in [6, 6.07) is 13.5. The van der Waals surface area contributed by atoms with Crippen molar-refractivity contribution in [3.05, 3.63) is 35.9 Å². The van der Waals surface area contributed by atoms with Gasteiger partial charge in [0.15, 0.2) is 5.41 Å². The second-order valence-electron chi connectivity index (χ2n) is 6.07. The number of benzene rings is 1. The Bertz CT molecular complexity index is 570. The van der Waals surface area contributed by atoms with E-state index in [2.05, 4.69) is 12.1 Å². The molecule has 0 saturated heterocycles. The van der Waals surface area contributed by atoms with Crippen LogP contribution >= 0.6 is 0 Å². The number of carbonyl (C=O) groups excluding carboxylic acids is 1. The summed E-state index contributed by atoms with van der Waals surface area (Å²) in [5, 5.41) is 18.7. The van der Waals surface area contributed by atoms with E-state index in [1.165, 1.54) is 0 Å². The van der Waals surface area contributed by atoms with E-state index < -0.39 is 16.7 Å². The van der Waals surface area contributed by atoms with Gasteiger partial charge < -0.3 is 0 Å². The lowest BCUT2D eigenvalue weighted by Crippen LogP contribution is -2.24. The van der Waals surface area contributed by atoms with Crippen LogP contribution in [0.1, 0.15) is 32.3 Å². The molecule has 1 aromatic carbocycles. The maximum absolute atomic E-state index is 12.4. The minimum atomic E-state index is -1.19. The van der Waals surface area contributed by atoms with Crippen LogP contribution in [0.25, 0.3) is 0 Å². The van der Waals surface area contributed by atoms with Gasteiger partial charge >= 0.3 is 0 Å². The van der Waals surface area contributed by atoms with E-state index in [-0.39, 0.29) is 11.7 Å². The standard InChI is InChI=1S/C16H16N2O/c1-15(2,3)14(19)13-12(16(13,9-17)10-18)11-7-5-4-6-8-11/h4-8,12-13H,1-3H3/t12-,13+/m0/s1. The highest BCUT2D eigenvalue weighted by molar-refractivity contribution is 5.92. The molecule has 0 N–H and O–H groups in total. The average Bonchev–Trinajstić information content (AvgIpc) is 3.07. The molecule has 0 spiro atoms. The van der Waals surface area contributed by atoms with Crippen molar-refractivity contribution < 1.29 is 4.79 Å². The Morgan fingerprint density at radius 1 is 1.16 bits per heavy atom. The molecule has 1 saturated carbocycles. The van der Waals surface area contributed by atoms with Crippen molar-refractivity contribution in [2.45, 2.75) is 26.7 Å². The number of hydrogen-bond acceptors (Lipinski definition) is 3. The Kier molecular flexibility index (Phi) is 2.95. The second-order valence-corrected chi connectivity index (χ2v) is 6.07. The van der Waals surface area contributed by atoms with Gasteiger partial charge in [-0.2, -0.15) is 10.5 Å².